The van der Waals surface area contributed by atoms with Gasteiger partial charge in [-0.1, -0.05) is 0 Å². The molecule has 1 aliphatic rings. The van der Waals surface area contributed by atoms with Crippen LogP contribution in [0.25, 0.3) is 11.1 Å². The summed E-state index contributed by atoms with van der Waals surface area (Å²) in [6.45, 7) is 2.02. The van der Waals surface area contributed by atoms with Crippen LogP contribution in [0.2, 0.25) is 0 Å². The van der Waals surface area contributed by atoms with Gasteiger partial charge < -0.3 is 11.1 Å². The minimum atomic E-state index is 0.456. The summed E-state index contributed by atoms with van der Waals surface area (Å²) < 4.78 is 0. The Kier molecular flexibility index (Phi) is 2.90. The molecule has 0 bridgehead atoms. The van der Waals surface area contributed by atoms with Crippen LogP contribution in [-0.2, 0) is 0 Å². The number of rotatable bonds is 2. The molecule has 0 aliphatic carbocycles. The summed E-state index contributed by atoms with van der Waals surface area (Å²) in [5, 5.41) is 3.36. The fraction of sp³-hybridized carbons (Fsp3) is 0.308. The van der Waals surface area contributed by atoms with Gasteiger partial charge in [-0.05, 0) is 30.7 Å². The van der Waals surface area contributed by atoms with E-state index in [9.17, 15) is 0 Å². The van der Waals surface area contributed by atoms with Crippen molar-refractivity contribution in [3.63, 3.8) is 0 Å². The molecule has 5 nitrogen and oxygen atoms in total. The number of hydrogen-bond donors (Lipinski definition) is 2. The zero-order chi connectivity index (χ0) is 12.4. The summed E-state index contributed by atoms with van der Waals surface area (Å²) in [6, 6.07) is 3.81. The summed E-state index contributed by atoms with van der Waals surface area (Å²) in [7, 11) is 0. The van der Waals surface area contributed by atoms with Gasteiger partial charge in [-0.25, -0.2) is 15.0 Å². The number of nitrogen functional groups attached to an aromatic ring is 1. The number of nitrogens with two attached hydrogens (primary N) is 1. The molecule has 0 radical (unpaired) electrons. The Morgan fingerprint density at radius 2 is 2.28 bits per heavy atom. The van der Waals surface area contributed by atoms with Gasteiger partial charge in [-0.2, -0.15) is 0 Å². The molecule has 2 aromatic heterocycles. The molecule has 5 heteroatoms. The molecule has 3 N–H and O–H groups in total. The quantitative estimate of drug-likeness (QED) is 0.826. The van der Waals surface area contributed by atoms with Crippen molar-refractivity contribution in [1.29, 1.82) is 0 Å². The lowest BCUT2D eigenvalue weighted by atomic mass is 9.96. The van der Waals surface area contributed by atoms with Crippen molar-refractivity contribution in [3.8, 4) is 11.1 Å². The third-order valence-electron chi connectivity index (χ3n) is 3.28. The average Bonchev–Trinajstić information content (AvgIpc) is 2.92. The van der Waals surface area contributed by atoms with Gasteiger partial charge >= 0.3 is 0 Å². The van der Waals surface area contributed by atoms with E-state index in [-0.39, 0.29) is 0 Å². The molecule has 0 saturated carbocycles. The molecule has 0 amide bonds. The lowest BCUT2D eigenvalue weighted by molar-refractivity contribution is 0.733. The molecule has 92 valence electrons. The van der Waals surface area contributed by atoms with Crippen molar-refractivity contribution < 1.29 is 0 Å². The standard InChI is InChI=1S/C13H15N5/c14-12-5-9(2-4-17-12)11-7-16-8-18-13(11)10-1-3-15-6-10/h2,4-5,7-8,10,15H,1,3,6H2,(H2,14,17)/t10-/m1/s1. The number of aromatic nitrogens is 3. The Balaban J connectivity index is 2.06. The van der Waals surface area contributed by atoms with E-state index in [4.69, 9.17) is 5.73 Å². The van der Waals surface area contributed by atoms with Crippen molar-refractivity contribution >= 4 is 5.82 Å². The normalized spacial score (nSPS) is 19.0. The topological polar surface area (TPSA) is 76.7 Å². The monoisotopic (exact) mass is 241 g/mol. The summed E-state index contributed by atoms with van der Waals surface area (Å²) in [5.41, 5.74) is 8.92. The molecule has 0 aromatic carbocycles. The van der Waals surface area contributed by atoms with Crippen LogP contribution in [0, 0.1) is 0 Å². The Hall–Kier alpha value is -2.01. The number of nitrogens with zero attached hydrogens (tertiary/aromatic N) is 3. The molecule has 2 aromatic rings. The molecule has 1 saturated heterocycles. The van der Waals surface area contributed by atoms with Crippen molar-refractivity contribution in [2.75, 3.05) is 18.8 Å². The Labute approximate surface area is 105 Å². The summed E-state index contributed by atoms with van der Waals surface area (Å²) in [6.07, 6.45) is 6.30. The SMILES string of the molecule is Nc1cc(-c2cncnc2[C@@H]2CCNC2)ccn1. The molecular weight excluding hydrogens is 226 g/mol. The smallest absolute Gasteiger partial charge is 0.123 e. The van der Waals surface area contributed by atoms with Crippen LogP contribution >= 0.6 is 0 Å². The van der Waals surface area contributed by atoms with Crippen molar-refractivity contribution in [2.24, 2.45) is 0 Å². The summed E-state index contributed by atoms with van der Waals surface area (Å²) >= 11 is 0. The second-order valence-electron chi connectivity index (χ2n) is 4.48. The van der Waals surface area contributed by atoms with Crippen LogP contribution in [0.3, 0.4) is 0 Å². The largest absolute Gasteiger partial charge is 0.384 e. The number of anilines is 1. The third-order valence-corrected chi connectivity index (χ3v) is 3.28. The summed E-state index contributed by atoms with van der Waals surface area (Å²) in [5.74, 6) is 0.976. The first-order valence-corrected chi connectivity index (χ1v) is 6.07. The number of pyridine rings is 1. The first kappa shape index (κ1) is 11.1. The average molecular weight is 241 g/mol. The third kappa shape index (κ3) is 2.04. The fourth-order valence-corrected chi connectivity index (χ4v) is 2.39. The van der Waals surface area contributed by atoms with E-state index in [1.807, 2.05) is 18.3 Å². The van der Waals surface area contributed by atoms with Crippen LogP contribution in [0.5, 0.6) is 0 Å². The highest BCUT2D eigenvalue weighted by Crippen LogP contribution is 2.30. The van der Waals surface area contributed by atoms with E-state index in [1.54, 1.807) is 12.5 Å². The van der Waals surface area contributed by atoms with Gasteiger partial charge in [0.1, 0.15) is 12.1 Å². The maximum Gasteiger partial charge on any atom is 0.123 e. The van der Waals surface area contributed by atoms with E-state index in [1.165, 1.54) is 0 Å². The second-order valence-corrected chi connectivity index (χ2v) is 4.48. The fourth-order valence-electron chi connectivity index (χ4n) is 2.39. The van der Waals surface area contributed by atoms with Crippen molar-refractivity contribution in [3.05, 3.63) is 36.5 Å². The van der Waals surface area contributed by atoms with E-state index in [2.05, 4.69) is 20.3 Å². The highest BCUT2D eigenvalue weighted by molar-refractivity contribution is 5.67. The van der Waals surface area contributed by atoms with Gasteiger partial charge in [0.15, 0.2) is 0 Å². The van der Waals surface area contributed by atoms with Gasteiger partial charge in [-0.3, -0.25) is 0 Å². The predicted molar refractivity (Wildman–Crippen MR) is 69.9 cm³/mol. The zero-order valence-electron chi connectivity index (χ0n) is 10.0. The molecule has 18 heavy (non-hydrogen) atoms. The first-order chi connectivity index (χ1) is 8.84. The Morgan fingerprint density at radius 1 is 1.33 bits per heavy atom. The van der Waals surface area contributed by atoms with Crippen molar-refractivity contribution in [2.45, 2.75) is 12.3 Å². The Bertz CT molecular complexity index is 549. The maximum atomic E-state index is 5.74. The lowest BCUT2D eigenvalue weighted by Crippen LogP contribution is -2.10. The van der Waals surface area contributed by atoms with E-state index < -0.39 is 0 Å². The molecule has 3 rings (SSSR count). The lowest BCUT2D eigenvalue weighted by Gasteiger charge is -2.13. The minimum absolute atomic E-state index is 0.456. The minimum Gasteiger partial charge on any atom is -0.384 e. The molecule has 1 fully saturated rings. The molecule has 3 heterocycles. The maximum absolute atomic E-state index is 5.74. The van der Waals surface area contributed by atoms with Crippen LogP contribution in [0.15, 0.2) is 30.9 Å². The predicted octanol–water partition coefficient (Wildman–Crippen LogP) is 1.20. The van der Waals surface area contributed by atoms with Crippen LogP contribution in [0.4, 0.5) is 5.82 Å². The van der Waals surface area contributed by atoms with Gasteiger partial charge in [-0.15, -0.1) is 0 Å². The van der Waals surface area contributed by atoms with E-state index >= 15 is 0 Å². The Morgan fingerprint density at radius 3 is 3.06 bits per heavy atom. The van der Waals surface area contributed by atoms with E-state index in [0.29, 0.717) is 11.7 Å². The molecule has 0 spiro atoms. The number of hydrogen-bond acceptors (Lipinski definition) is 5. The molecular formula is C13H15N5. The molecule has 1 atom stereocenters. The van der Waals surface area contributed by atoms with Gasteiger partial charge in [0.05, 0.1) is 5.69 Å². The van der Waals surface area contributed by atoms with Crippen molar-refractivity contribution in [1.82, 2.24) is 20.3 Å². The van der Waals surface area contributed by atoms with Crippen LogP contribution < -0.4 is 11.1 Å². The first-order valence-electron chi connectivity index (χ1n) is 6.07. The number of nitrogens with one attached hydrogen (secondary N) is 1. The summed E-state index contributed by atoms with van der Waals surface area (Å²) in [4.78, 5) is 12.6. The highest BCUT2D eigenvalue weighted by atomic mass is 14.9. The van der Waals surface area contributed by atoms with Gasteiger partial charge in [0.25, 0.3) is 0 Å². The van der Waals surface area contributed by atoms with Crippen LogP contribution in [0.1, 0.15) is 18.0 Å². The zero-order valence-corrected chi connectivity index (χ0v) is 10.0. The van der Waals surface area contributed by atoms with E-state index in [0.717, 1.165) is 36.3 Å². The van der Waals surface area contributed by atoms with Gasteiger partial charge in [0, 0.05) is 30.4 Å². The van der Waals surface area contributed by atoms with Gasteiger partial charge in [0.2, 0.25) is 0 Å². The van der Waals surface area contributed by atoms with Crippen LogP contribution in [-0.4, -0.2) is 28.0 Å². The second kappa shape index (κ2) is 4.70. The highest BCUT2D eigenvalue weighted by Gasteiger charge is 2.21. The molecule has 1 aliphatic heterocycles. The molecule has 0 unspecified atom stereocenters.